The highest BCUT2D eigenvalue weighted by Crippen LogP contribution is 2.36. The summed E-state index contributed by atoms with van der Waals surface area (Å²) in [5, 5.41) is 0.437. The van der Waals surface area contributed by atoms with Crippen molar-refractivity contribution in [2.45, 2.75) is 17.1 Å². The van der Waals surface area contributed by atoms with Gasteiger partial charge < -0.3 is 9.47 Å². The van der Waals surface area contributed by atoms with E-state index in [-0.39, 0.29) is 11.0 Å². The van der Waals surface area contributed by atoms with E-state index in [9.17, 15) is 4.79 Å². The third kappa shape index (κ3) is 3.39. The van der Waals surface area contributed by atoms with Crippen molar-refractivity contribution in [1.29, 1.82) is 0 Å². The largest absolute Gasteiger partial charge is 0.486 e. The van der Waals surface area contributed by atoms with Crippen LogP contribution in [0.5, 0.6) is 11.5 Å². The highest BCUT2D eigenvalue weighted by atomic mass is 35.5. The Kier molecular flexibility index (Phi) is 4.60. The number of rotatable bonds is 4. The quantitative estimate of drug-likeness (QED) is 0.610. The summed E-state index contributed by atoms with van der Waals surface area (Å²) in [6, 6.07) is 12.7. The Hall–Kier alpha value is -1.65. The summed E-state index contributed by atoms with van der Waals surface area (Å²) in [5.41, 5.74) is 0.668. The first-order valence-corrected chi connectivity index (χ1v) is 8.25. The molecule has 0 aromatic heterocycles. The monoisotopic (exact) mass is 334 g/mol. The van der Waals surface area contributed by atoms with Crippen LogP contribution >= 0.6 is 23.4 Å². The Balaban J connectivity index is 1.72. The minimum absolute atomic E-state index is 0.0801. The molecule has 0 spiro atoms. The van der Waals surface area contributed by atoms with Gasteiger partial charge >= 0.3 is 0 Å². The second-order valence-electron chi connectivity index (χ2n) is 4.94. The topological polar surface area (TPSA) is 35.5 Å². The zero-order valence-corrected chi connectivity index (χ0v) is 13.6. The lowest BCUT2D eigenvalue weighted by molar-refractivity contribution is 0.0994. The summed E-state index contributed by atoms with van der Waals surface area (Å²) in [6.45, 7) is 3.03. The SMILES string of the molecule is CC(Sc1ccc2c(c1)OCCO2)C(=O)c1ccc(Cl)cc1. The molecule has 0 saturated heterocycles. The summed E-state index contributed by atoms with van der Waals surface area (Å²) in [6.07, 6.45) is 0. The molecule has 0 aliphatic carbocycles. The van der Waals surface area contributed by atoms with Gasteiger partial charge in [0.15, 0.2) is 17.3 Å². The van der Waals surface area contributed by atoms with Crippen molar-refractivity contribution in [1.82, 2.24) is 0 Å². The first-order chi connectivity index (χ1) is 10.6. The summed E-state index contributed by atoms with van der Waals surface area (Å²) in [5.74, 6) is 1.58. The van der Waals surface area contributed by atoms with Gasteiger partial charge in [-0.3, -0.25) is 4.79 Å². The zero-order chi connectivity index (χ0) is 15.5. The molecule has 1 aliphatic rings. The van der Waals surface area contributed by atoms with Gasteiger partial charge in [-0.25, -0.2) is 0 Å². The van der Waals surface area contributed by atoms with E-state index in [1.165, 1.54) is 11.8 Å². The molecule has 22 heavy (non-hydrogen) atoms. The number of fused-ring (bicyclic) bond motifs is 1. The van der Waals surface area contributed by atoms with Gasteiger partial charge in [0.05, 0.1) is 5.25 Å². The molecule has 1 unspecified atom stereocenters. The number of hydrogen-bond acceptors (Lipinski definition) is 4. The van der Waals surface area contributed by atoms with Gasteiger partial charge in [0.2, 0.25) is 0 Å². The Bertz CT molecular complexity index is 685. The van der Waals surface area contributed by atoms with Crippen molar-refractivity contribution < 1.29 is 14.3 Å². The lowest BCUT2D eigenvalue weighted by Crippen LogP contribution is -2.15. The maximum absolute atomic E-state index is 12.4. The highest BCUT2D eigenvalue weighted by molar-refractivity contribution is 8.00. The van der Waals surface area contributed by atoms with E-state index in [0.717, 1.165) is 16.4 Å². The van der Waals surface area contributed by atoms with Gasteiger partial charge in [0, 0.05) is 15.5 Å². The molecule has 1 heterocycles. The molecule has 0 bridgehead atoms. The van der Waals surface area contributed by atoms with Crippen LogP contribution in [0.2, 0.25) is 5.02 Å². The van der Waals surface area contributed by atoms with E-state index in [1.54, 1.807) is 24.3 Å². The van der Waals surface area contributed by atoms with Crippen molar-refractivity contribution in [3.05, 3.63) is 53.1 Å². The Labute approximate surface area is 138 Å². The molecule has 0 fully saturated rings. The van der Waals surface area contributed by atoms with E-state index in [0.29, 0.717) is 23.8 Å². The minimum atomic E-state index is -0.191. The van der Waals surface area contributed by atoms with Gasteiger partial charge in [-0.05, 0) is 49.4 Å². The standard InChI is InChI=1S/C17H15ClO3S/c1-11(17(19)12-2-4-13(18)5-3-12)22-14-6-7-15-16(10-14)21-9-8-20-15/h2-7,10-11H,8-9H2,1H3. The number of carbonyl (C=O) groups is 1. The van der Waals surface area contributed by atoms with Crippen molar-refractivity contribution >= 4 is 29.1 Å². The number of ketones is 1. The molecule has 0 radical (unpaired) electrons. The van der Waals surface area contributed by atoms with E-state index in [2.05, 4.69) is 0 Å². The predicted octanol–water partition coefficient (Wildman–Crippen LogP) is 4.47. The maximum atomic E-state index is 12.4. The number of thioether (sulfide) groups is 1. The van der Waals surface area contributed by atoms with E-state index in [1.807, 2.05) is 25.1 Å². The van der Waals surface area contributed by atoms with Crippen LogP contribution in [0.15, 0.2) is 47.4 Å². The van der Waals surface area contributed by atoms with E-state index >= 15 is 0 Å². The normalized spacial score (nSPS) is 14.5. The van der Waals surface area contributed by atoms with Crippen LogP contribution in [0, 0.1) is 0 Å². The van der Waals surface area contributed by atoms with E-state index in [4.69, 9.17) is 21.1 Å². The van der Waals surface area contributed by atoms with Crippen LogP contribution in [0.1, 0.15) is 17.3 Å². The molecule has 0 saturated carbocycles. The molecule has 5 heteroatoms. The highest BCUT2D eigenvalue weighted by Gasteiger charge is 2.18. The maximum Gasteiger partial charge on any atom is 0.175 e. The van der Waals surface area contributed by atoms with Gasteiger partial charge in [-0.2, -0.15) is 0 Å². The number of hydrogen-bond donors (Lipinski definition) is 0. The number of ether oxygens (including phenoxy) is 2. The Morgan fingerprint density at radius 2 is 1.77 bits per heavy atom. The molecular weight excluding hydrogens is 320 g/mol. The molecule has 2 aromatic rings. The van der Waals surface area contributed by atoms with Gasteiger partial charge in [0.25, 0.3) is 0 Å². The molecule has 2 aromatic carbocycles. The van der Waals surface area contributed by atoms with Crippen molar-refractivity contribution in [2.75, 3.05) is 13.2 Å². The zero-order valence-electron chi connectivity index (χ0n) is 12.0. The van der Waals surface area contributed by atoms with Crippen molar-refractivity contribution in [3.63, 3.8) is 0 Å². The van der Waals surface area contributed by atoms with Crippen LogP contribution in [-0.4, -0.2) is 24.2 Å². The lowest BCUT2D eigenvalue weighted by Gasteiger charge is -2.19. The fourth-order valence-electron chi connectivity index (χ4n) is 2.20. The minimum Gasteiger partial charge on any atom is -0.486 e. The van der Waals surface area contributed by atoms with Crippen LogP contribution in [0.3, 0.4) is 0 Å². The summed E-state index contributed by atoms with van der Waals surface area (Å²) in [4.78, 5) is 13.4. The fourth-order valence-corrected chi connectivity index (χ4v) is 3.30. The second-order valence-corrected chi connectivity index (χ2v) is 6.79. The molecule has 3 nitrogen and oxygen atoms in total. The first kappa shape index (κ1) is 15.3. The predicted molar refractivity (Wildman–Crippen MR) is 88.5 cm³/mol. The Morgan fingerprint density at radius 1 is 1.09 bits per heavy atom. The summed E-state index contributed by atoms with van der Waals surface area (Å²) in [7, 11) is 0. The average molecular weight is 335 g/mol. The number of carbonyl (C=O) groups excluding carboxylic acids is 1. The Morgan fingerprint density at radius 3 is 2.50 bits per heavy atom. The molecule has 0 amide bonds. The van der Waals surface area contributed by atoms with Crippen LogP contribution in [0.25, 0.3) is 0 Å². The third-order valence-corrected chi connectivity index (χ3v) is 4.67. The van der Waals surface area contributed by atoms with Gasteiger partial charge in [-0.1, -0.05) is 11.6 Å². The van der Waals surface area contributed by atoms with Crippen LogP contribution in [0.4, 0.5) is 0 Å². The first-order valence-electron chi connectivity index (χ1n) is 6.99. The third-order valence-electron chi connectivity index (χ3n) is 3.32. The molecule has 1 atom stereocenters. The molecular formula is C17H15ClO3S. The van der Waals surface area contributed by atoms with E-state index < -0.39 is 0 Å². The van der Waals surface area contributed by atoms with Gasteiger partial charge in [0.1, 0.15) is 13.2 Å². The molecule has 1 aliphatic heterocycles. The number of benzene rings is 2. The van der Waals surface area contributed by atoms with Crippen LogP contribution < -0.4 is 9.47 Å². The smallest absolute Gasteiger partial charge is 0.175 e. The fraction of sp³-hybridized carbons (Fsp3) is 0.235. The lowest BCUT2D eigenvalue weighted by atomic mass is 10.1. The van der Waals surface area contributed by atoms with Crippen LogP contribution in [-0.2, 0) is 0 Å². The average Bonchev–Trinajstić information content (AvgIpc) is 2.55. The molecule has 3 rings (SSSR count). The second kappa shape index (κ2) is 6.63. The summed E-state index contributed by atoms with van der Waals surface area (Å²) < 4.78 is 11.1. The summed E-state index contributed by atoms with van der Waals surface area (Å²) >= 11 is 7.36. The number of halogens is 1. The van der Waals surface area contributed by atoms with Gasteiger partial charge in [-0.15, -0.1) is 11.8 Å². The molecule has 0 N–H and O–H groups in total. The van der Waals surface area contributed by atoms with Crippen molar-refractivity contribution in [2.24, 2.45) is 0 Å². The van der Waals surface area contributed by atoms with Crippen molar-refractivity contribution in [3.8, 4) is 11.5 Å². The molecule has 114 valence electrons. The number of Topliss-reactive ketones (excluding diaryl/α,β-unsaturated/α-hetero) is 1.